The predicted molar refractivity (Wildman–Crippen MR) is 188 cm³/mol. The van der Waals surface area contributed by atoms with Gasteiger partial charge in [0, 0.05) is 30.4 Å². The van der Waals surface area contributed by atoms with Crippen LogP contribution in [-0.4, -0.2) is 26.6 Å². The molecule has 5 aromatic rings. The fraction of sp³-hybridized carbons (Fsp3) is 0.487. The van der Waals surface area contributed by atoms with Crippen LogP contribution >= 0.6 is 0 Å². The van der Waals surface area contributed by atoms with Crippen molar-refractivity contribution in [3.8, 4) is 0 Å². The van der Waals surface area contributed by atoms with Crippen LogP contribution in [0.15, 0.2) is 36.4 Å². The van der Waals surface area contributed by atoms with Crippen LogP contribution in [0.2, 0.25) is 0 Å². The molecule has 0 radical (unpaired) electrons. The summed E-state index contributed by atoms with van der Waals surface area (Å²) in [5.41, 5.74) is 11.5. The second-order valence-electron chi connectivity index (χ2n) is 14.3. The van der Waals surface area contributed by atoms with Crippen molar-refractivity contribution in [2.45, 2.75) is 113 Å². The van der Waals surface area contributed by atoms with Crippen molar-refractivity contribution in [2.75, 3.05) is 11.9 Å². The van der Waals surface area contributed by atoms with Crippen molar-refractivity contribution >= 4 is 38.5 Å². The van der Waals surface area contributed by atoms with Gasteiger partial charge in [0.1, 0.15) is 11.3 Å². The molecule has 0 unspecified atom stereocenters. The van der Waals surface area contributed by atoms with Gasteiger partial charge in [0.2, 0.25) is 0 Å². The van der Waals surface area contributed by atoms with E-state index in [4.69, 9.17) is 9.97 Å². The molecule has 2 aromatic heterocycles. The van der Waals surface area contributed by atoms with Crippen molar-refractivity contribution in [3.63, 3.8) is 0 Å². The first kappa shape index (κ1) is 30.6. The molecule has 2 heterocycles. The fourth-order valence-electron chi connectivity index (χ4n) is 6.89. The summed E-state index contributed by atoms with van der Waals surface area (Å²) >= 11 is 0. The lowest BCUT2D eigenvalue weighted by atomic mass is 9.86. The Balaban J connectivity index is 1.54. The number of imidazole rings is 1. The first-order chi connectivity index (χ1) is 21.1. The number of anilines is 1. The van der Waals surface area contributed by atoms with Gasteiger partial charge in [-0.15, -0.1) is 0 Å². The van der Waals surface area contributed by atoms with Gasteiger partial charge >= 0.3 is 0 Å². The maximum absolute atomic E-state index is 5.35. The number of rotatable bonds is 11. The van der Waals surface area contributed by atoms with E-state index in [1.54, 1.807) is 0 Å². The van der Waals surface area contributed by atoms with E-state index in [1.165, 1.54) is 68.9 Å². The smallest absolute Gasteiger partial charge is 0.155 e. The predicted octanol–water partition coefficient (Wildman–Crippen LogP) is 9.46. The monoisotopic (exact) mass is 589 g/mol. The number of nitrogens with zero attached hydrogens (tertiary/aromatic N) is 3. The van der Waals surface area contributed by atoms with Crippen LogP contribution in [-0.2, 0) is 19.5 Å². The quantitative estimate of drug-likeness (QED) is 0.151. The van der Waals surface area contributed by atoms with Crippen molar-refractivity contribution in [1.82, 2.24) is 19.9 Å². The number of pyridine rings is 1. The molecule has 0 spiro atoms. The minimum Gasteiger partial charge on any atom is -0.364 e. The molecule has 232 valence electrons. The molecule has 1 saturated carbocycles. The van der Waals surface area contributed by atoms with Gasteiger partial charge in [-0.1, -0.05) is 56.5 Å². The molecule has 6 rings (SSSR count). The van der Waals surface area contributed by atoms with E-state index in [1.807, 2.05) is 0 Å². The zero-order valence-electron chi connectivity index (χ0n) is 28.2. The number of aromatic nitrogens is 3. The molecule has 5 heteroatoms. The van der Waals surface area contributed by atoms with Crippen LogP contribution < -0.4 is 10.6 Å². The number of hydrogen-bond donors (Lipinski definition) is 2. The molecule has 1 fully saturated rings. The third-order valence-corrected chi connectivity index (χ3v) is 9.80. The minimum atomic E-state index is -0.126. The molecule has 1 aliphatic carbocycles. The summed E-state index contributed by atoms with van der Waals surface area (Å²) in [5.74, 6) is 2.97. The minimum absolute atomic E-state index is 0.126. The largest absolute Gasteiger partial charge is 0.364 e. The Kier molecular flexibility index (Phi) is 8.45. The lowest BCUT2D eigenvalue weighted by molar-refractivity contribution is 0.614. The number of aryl methyl sites for hydroxylation is 3. The van der Waals surface area contributed by atoms with Crippen LogP contribution in [0.3, 0.4) is 0 Å². The van der Waals surface area contributed by atoms with Crippen LogP contribution in [0.1, 0.15) is 99.0 Å². The van der Waals surface area contributed by atoms with Crippen LogP contribution in [0.5, 0.6) is 0 Å². The molecule has 0 saturated heterocycles. The molecule has 5 nitrogen and oxygen atoms in total. The average Bonchev–Trinajstić information content (AvgIpc) is 3.75. The highest BCUT2D eigenvalue weighted by Crippen LogP contribution is 2.37. The first-order valence-corrected chi connectivity index (χ1v) is 16.8. The Morgan fingerprint density at radius 2 is 1.55 bits per heavy atom. The lowest BCUT2D eigenvalue weighted by Crippen LogP contribution is -2.26. The van der Waals surface area contributed by atoms with Gasteiger partial charge < -0.3 is 15.2 Å². The van der Waals surface area contributed by atoms with Gasteiger partial charge in [-0.3, -0.25) is 0 Å². The number of unbranched alkanes of at least 4 members (excludes halogenated alkanes) is 1. The summed E-state index contributed by atoms with van der Waals surface area (Å²) in [6.45, 7) is 20.9. The van der Waals surface area contributed by atoms with E-state index in [9.17, 15) is 0 Å². The normalized spacial score (nSPS) is 13.9. The second kappa shape index (κ2) is 12.2. The van der Waals surface area contributed by atoms with Crippen LogP contribution in [0.4, 0.5) is 5.82 Å². The van der Waals surface area contributed by atoms with E-state index >= 15 is 0 Å². The van der Waals surface area contributed by atoms with E-state index in [-0.39, 0.29) is 5.54 Å². The molecular formula is C39H51N5. The highest BCUT2D eigenvalue weighted by atomic mass is 15.1. The average molecular weight is 590 g/mol. The van der Waals surface area contributed by atoms with E-state index in [0.29, 0.717) is 0 Å². The molecule has 3 aromatic carbocycles. The number of fused-ring (bicyclic) bond motifs is 4. The fourth-order valence-corrected chi connectivity index (χ4v) is 6.89. The summed E-state index contributed by atoms with van der Waals surface area (Å²) < 4.78 is 2.51. The van der Waals surface area contributed by atoms with Crippen molar-refractivity contribution in [1.29, 1.82) is 0 Å². The Labute approximate surface area is 263 Å². The standard InChI is InChI=1S/C39H51N5/c1-9-10-15-33-42-36-37(31-13-11-12-14-32(31)41-38(36)43-39(6,7)8)44(33)23-30-19-18-29(22-40-21-20-28-16-17-28)34-26(4)24(2)25(3)27(5)35(30)34/h11-14,18-19,28,40H,9-10,15-17,20-23H2,1-8H3,(H,41,43). The van der Waals surface area contributed by atoms with Crippen LogP contribution in [0, 0.1) is 33.6 Å². The first-order valence-electron chi connectivity index (χ1n) is 16.8. The summed E-state index contributed by atoms with van der Waals surface area (Å²) in [5, 5.41) is 11.5. The molecule has 44 heavy (non-hydrogen) atoms. The summed E-state index contributed by atoms with van der Waals surface area (Å²) in [7, 11) is 0. The lowest BCUT2D eigenvalue weighted by Gasteiger charge is -2.22. The van der Waals surface area contributed by atoms with E-state index < -0.39 is 0 Å². The molecule has 0 atom stereocenters. The summed E-state index contributed by atoms with van der Waals surface area (Å²) in [6.07, 6.45) is 7.33. The van der Waals surface area contributed by atoms with Crippen molar-refractivity contribution < 1.29 is 0 Å². The number of benzene rings is 3. The number of hydrogen-bond acceptors (Lipinski definition) is 4. The van der Waals surface area contributed by atoms with Gasteiger partial charge in [-0.05, 0) is 124 Å². The van der Waals surface area contributed by atoms with Crippen LogP contribution in [0.25, 0.3) is 32.7 Å². The van der Waals surface area contributed by atoms with Crippen molar-refractivity contribution in [3.05, 3.63) is 75.6 Å². The molecule has 0 amide bonds. The van der Waals surface area contributed by atoms with Gasteiger partial charge in [0.25, 0.3) is 0 Å². The zero-order valence-corrected chi connectivity index (χ0v) is 28.2. The Morgan fingerprint density at radius 3 is 2.23 bits per heavy atom. The SMILES string of the molecule is CCCCc1nc2c(NC(C)(C)C)nc3ccccc3c2n1Cc1ccc(CNCCC2CC2)c2c(C)c(C)c(C)c(C)c12. The van der Waals surface area contributed by atoms with E-state index in [2.05, 4.69) is 107 Å². The third kappa shape index (κ3) is 5.96. The van der Waals surface area contributed by atoms with Crippen molar-refractivity contribution in [2.24, 2.45) is 5.92 Å². The Morgan fingerprint density at radius 1 is 0.864 bits per heavy atom. The highest BCUT2D eigenvalue weighted by Gasteiger charge is 2.23. The summed E-state index contributed by atoms with van der Waals surface area (Å²) in [6, 6.07) is 13.3. The molecular weight excluding hydrogens is 538 g/mol. The molecule has 2 N–H and O–H groups in total. The van der Waals surface area contributed by atoms with Gasteiger partial charge in [0.15, 0.2) is 5.82 Å². The van der Waals surface area contributed by atoms with Gasteiger partial charge in [-0.2, -0.15) is 0 Å². The number of para-hydroxylation sites is 1. The molecule has 0 bridgehead atoms. The highest BCUT2D eigenvalue weighted by molar-refractivity contribution is 6.07. The van der Waals surface area contributed by atoms with Gasteiger partial charge in [0.05, 0.1) is 11.0 Å². The molecule has 1 aliphatic rings. The number of nitrogens with one attached hydrogen (secondary N) is 2. The second-order valence-corrected chi connectivity index (χ2v) is 14.3. The Bertz CT molecular complexity index is 1830. The van der Waals surface area contributed by atoms with E-state index in [0.717, 1.165) is 72.9 Å². The maximum Gasteiger partial charge on any atom is 0.155 e. The summed E-state index contributed by atoms with van der Waals surface area (Å²) in [4.78, 5) is 10.4. The topological polar surface area (TPSA) is 54.8 Å². The Hall–Kier alpha value is -3.44. The maximum atomic E-state index is 5.35. The van der Waals surface area contributed by atoms with Gasteiger partial charge in [-0.25, -0.2) is 9.97 Å². The zero-order chi connectivity index (χ0) is 31.2. The third-order valence-electron chi connectivity index (χ3n) is 9.80. The molecule has 0 aliphatic heterocycles.